The maximum atomic E-state index is 12.5. The van der Waals surface area contributed by atoms with Crippen LogP contribution in [0, 0.1) is 27.9 Å². The van der Waals surface area contributed by atoms with Crippen LogP contribution >= 0.6 is 0 Å². The van der Waals surface area contributed by atoms with E-state index in [0.29, 0.717) is 12.5 Å². The quantitative estimate of drug-likeness (QED) is 0.597. The average Bonchev–Trinajstić information content (AvgIpc) is 3.17. The number of non-ortho nitro benzene ring substituents is 1. The second-order valence-corrected chi connectivity index (χ2v) is 8.64. The Hall–Kier alpha value is -2.20. The maximum absolute atomic E-state index is 12.5. The van der Waals surface area contributed by atoms with Crippen molar-refractivity contribution in [3.05, 3.63) is 34.4 Å². The van der Waals surface area contributed by atoms with Crippen LogP contribution in [0.15, 0.2) is 29.2 Å². The highest BCUT2D eigenvalue weighted by atomic mass is 32.2. The van der Waals surface area contributed by atoms with Crippen molar-refractivity contribution < 1.29 is 23.2 Å². The Labute approximate surface area is 143 Å². The lowest BCUT2D eigenvalue weighted by molar-refractivity contribution is -0.385. The van der Waals surface area contributed by atoms with Gasteiger partial charge in [-0.05, 0) is 36.7 Å². The van der Waals surface area contributed by atoms with Gasteiger partial charge in [0.05, 0.1) is 22.0 Å². The smallest absolute Gasteiger partial charge is 0.331 e. The average molecular weight is 367 g/mol. The fraction of sp³-hybridized carbons (Fsp3) is 0.533. The van der Waals surface area contributed by atoms with Gasteiger partial charge in [0, 0.05) is 18.7 Å². The number of aliphatic hydroxyl groups excluding tert-OH is 1. The second-order valence-electron chi connectivity index (χ2n) is 6.95. The van der Waals surface area contributed by atoms with E-state index in [0.717, 1.165) is 18.9 Å². The minimum Gasteiger partial charge on any atom is -0.391 e. The zero-order valence-corrected chi connectivity index (χ0v) is 13.9. The van der Waals surface area contributed by atoms with Crippen LogP contribution in [0.5, 0.6) is 0 Å². The molecule has 2 N–H and O–H groups in total. The second kappa shape index (κ2) is 5.40. The van der Waals surface area contributed by atoms with E-state index in [1.807, 2.05) is 4.72 Å². The molecule has 134 valence electrons. The molecule has 3 fully saturated rings. The van der Waals surface area contributed by atoms with Crippen molar-refractivity contribution in [3.8, 4) is 0 Å². The molecule has 5 unspecified atom stereocenters. The predicted octanol–water partition coefficient (Wildman–Crippen LogP) is 0.694. The summed E-state index contributed by atoms with van der Waals surface area (Å²) in [5, 5.41) is 21.1. The van der Waals surface area contributed by atoms with Crippen LogP contribution in [0.1, 0.15) is 12.8 Å². The standard InChI is InChI=1S/C15H17N3O6S/c19-14-8-4-9-7-17(13(14)12(9)5-8)15(20)16-25(23,24)11-3-1-2-10(6-11)18(21)22/h1-3,6,8-9,12-14,19H,4-5,7H2,(H,16,20). The lowest BCUT2D eigenvalue weighted by Gasteiger charge is -2.28. The van der Waals surface area contributed by atoms with Gasteiger partial charge in [0.2, 0.25) is 0 Å². The monoisotopic (exact) mass is 367 g/mol. The number of hydrogen-bond donors (Lipinski definition) is 2. The summed E-state index contributed by atoms with van der Waals surface area (Å²) in [7, 11) is -4.23. The van der Waals surface area contributed by atoms with Gasteiger partial charge in [-0.2, -0.15) is 0 Å². The van der Waals surface area contributed by atoms with E-state index in [-0.39, 0.29) is 28.5 Å². The molecule has 2 bridgehead atoms. The Morgan fingerprint density at radius 2 is 2.08 bits per heavy atom. The Kier molecular flexibility index (Phi) is 3.51. The number of carbonyl (C=O) groups is 1. The molecule has 2 amide bonds. The Morgan fingerprint density at radius 1 is 1.32 bits per heavy atom. The van der Waals surface area contributed by atoms with Gasteiger partial charge in [0.15, 0.2) is 0 Å². The van der Waals surface area contributed by atoms with Gasteiger partial charge in [-0.1, -0.05) is 6.07 Å². The number of rotatable bonds is 3. The number of aliphatic hydroxyl groups is 1. The first kappa shape index (κ1) is 16.3. The van der Waals surface area contributed by atoms with Crippen LogP contribution in [0.25, 0.3) is 0 Å². The van der Waals surface area contributed by atoms with Crippen LogP contribution in [-0.2, 0) is 10.0 Å². The zero-order valence-electron chi connectivity index (χ0n) is 13.1. The number of nitro groups is 1. The lowest BCUT2D eigenvalue weighted by Crippen LogP contribution is -2.49. The predicted molar refractivity (Wildman–Crippen MR) is 85.0 cm³/mol. The molecule has 0 spiro atoms. The molecule has 25 heavy (non-hydrogen) atoms. The summed E-state index contributed by atoms with van der Waals surface area (Å²) in [5.74, 6) is 0.724. The highest BCUT2D eigenvalue weighted by Crippen LogP contribution is 2.54. The summed E-state index contributed by atoms with van der Waals surface area (Å²) in [6, 6.07) is 3.39. The summed E-state index contributed by atoms with van der Waals surface area (Å²) in [6.45, 7) is 0.430. The highest BCUT2D eigenvalue weighted by Gasteiger charge is 2.60. The van der Waals surface area contributed by atoms with E-state index in [1.165, 1.54) is 23.1 Å². The van der Waals surface area contributed by atoms with E-state index in [9.17, 15) is 28.4 Å². The molecule has 3 aliphatic rings. The molecule has 1 aromatic carbocycles. The molecule has 2 aliphatic carbocycles. The molecule has 1 aliphatic heterocycles. The first-order valence-corrected chi connectivity index (χ1v) is 9.52. The number of sulfonamides is 1. The van der Waals surface area contributed by atoms with Crippen molar-refractivity contribution in [1.29, 1.82) is 0 Å². The number of nitro benzene ring substituents is 1. The number of nitrogens with one attached hydrogen (secondary N) is 1. The number of carbonyl (C=O) groups excluding carboxylic acids is 1. The van der Waals surface area contributed by atoms with Gasteiger partial charge in [-0.25, -0.2) is 17.9 Å². The maximum Gasteiger partial charge on any atom is 0.331 e. The summed E-state index contributed by atoms with van der Waals surface area (Å²) < 4.78 is 26.8. The molecule has 0 radical (unpaired) electrons. The van der Waals surface area contributed by atoms with Gasteiger partial charge in [0.25, 0.3) is 15.7 Å². The summed E-state index contributed by atoms with van der Waals surface area (Å²) in [6.07, 6.45) is 1.12. The number of urea groups is 1. The Morgan fingerprint density at radius 3 is 2.76 bits per heavy atom. The normalized spacial score (nSPS) is 32.8. The fourth-order valence-corrected chi connectivity index (χ4v) is 5.64. The lowest BCUT2D eigenvalue weighted by atomic mass is 9.88. The number of benzene rings is 1. The first-order chi connectivity index (χ1) is 11.8. The van der Waals surface area contributed by atoms with E-state index in [2.05, 4.69) is 0 Å². The van der Waals surface area contributed by atoms with Gasteiger partial charge in [-0.15, -0.1) is 0 Å². The molecule has 9 nitrogen and oxygen atoms in total. The first-order valence-electron chi connectivity index (χ1n) is 8.04. The molecule has 2 saturated carbocycles. The van der Waals surface area contributed by atoms with E-state index < -0.39 is 27.1 Å². The number of amides is 2. The van der Waals surface area contributed by atoms with E-state index in [4.69, 9.17) is 0 Å². The van der Waals surface area contributed by atoms with Crippen molar-refractivity contribution in [2.24, 2.45) is 17.8 Å². The van der Waals surface area contributed by atoms with Crippen LogP contribution < -0.4 is 4.72 Å². The van der Waals surface area contributed by atoms with Crippen LogP contribution in [-0.4, -0.2) is 48.1 Å². The molecule has 10 heteroatoms. The third-order valence-electron chi connectivity index (χ3n) is 5.67. The molecule has 5 atom stereocenters. The van der Waals surface area contributed by atoms with Crippen molar-refractivity contribution in [1.82, 2.24) is 9.62 Å². The van der Waals surface area contributed by atoms with Gasteiger partial charge in [-0.3, -0.25) is 10.1 Å². The molecular weight excluding hydrogens is 350 g/mol. The molecule has 1 saturated heterocycles. The summed E-state index contributed by atoms with van der Waals surface area (Å²) in [4.78, 5) is 23.7. The molecule has 1 heterocycles. The number of likely N-dealkylation sites (tertiary alicyclic amines) is 1. The van der Waals surface area contributed by atoms with Crippen LogP contribution in [0.2, 0.25) is 0 Å². The molecule has 0 aromatic heterocycles. The highest BCUT2D eigenvalue weighted by molar-refractivity contribution is 7.90. The van der Waals surface area contributed by atoms with Gasteiger partial charge >= 0.3 is 6.03 Å². The van der Waals surface area contributed by atoms with Crippen LogP contribution in [0.3, 0.4) is 0 Å². The number of fused-ring (bicyclic) bond motifs is 1. The molecule has 1 aromatic rings. The van der Waals surface area contributed by atoms with Gasteiger partial charge in [0.1, 0.15) is 0 Å². The SMILES string of the molecule is O=C(NS(=O)(=O)c1cccc([N+](=O)[O-])c1)N1CC2CC3CC2C1C3O. The summed E-state index contributed by atoms with van der Waals surface area (Å²) >= 11 is 0. The number of hydrogen-bond acceptors (Lipinski definition) is 6. The minimum atomic E-state index is -4.23. The largest absolute Gasteiger partial charge is 0.391 e. The third kappa shape index (κ3) is 2.47. The molecule has 4 rings (SSSR count). The molecular formula is C15H17N3O6S. The topological polar surface area (TPSA) is 130 Å². The van der Waals surface area contributed by atoms with Crippen molar-refractivity contribution >= 4 is 21.7 Å². The third-order valence-corrected chi connectivity index (χ3v) is 6.99. The van der Waals surface area contributed by atoms with Crippen molar-refractivity contribution in [3.63, 3.8) is 0 Å². The van der Waals surface area contributed by atoms with E-state index in [1.54, 1.807) is 0 Å². The van der Waals surface area contributed by atoms with Crippen LogP contribution in [0.4, 0.5) is 10.5 Å². The minimum absolute atomic E-state index is 0.186. The number of nitrogens with zero attached hydrogens (tertiary/aromatic N) is 2. The summed E-state index contributed by atoms with van der Waals surface area (Å²) in [5.41, 5.74) is -0.372. The Balaban J connectivity index is 1.54. The van der Waals surface area contributed by atoms with E-state index >= 15 is 0 Å². The fourth-order valence-electron chi connectivity index (χ4n) is 4.65. The van der Waals surface area contributed by atoms with Crippen molar-refractivity contribution in [2.45, 2.75) is 29.9 Å². The van der Waals surface area contributed by atoms with Gasteiger partial charge < -0.3 is 10.0 Å². The Bertz CT molecular complexity index is 855. The zero-order chi connectivity index (χ0) is 17.9. The van der Waals surface area contributed by atoms with Crippen molar-refractivity contribution in [2.75, 3.05) is 6.54 Å².